The molecule has 1 fully saturated rings. The van der Waals surface area contributed by atoms with Crippen molar-refractivity contribution in [1.29, 1.82) is 0 Å². The van der Waals surface area contributed by atoms with Gasteiger partial charge in [-0.05, 0) is 43.4 Å². The van der Waals surface area contributed by atoms with E-state index in [4.69, 9.17) is 5.11 Å². The molecule has 4 N–H and O–H groups in total. The Labute approximate surface area is 155 Å². The van der Waals surface area contributed by atoms with Gasteiger partial charge < -0.3 is 20.4 Å². The molecule has 1 unspecified atom stereocenters. The number of carbonyl (C=O) groups is 1. The van der Waals surface area contributed by atoms with Crippen LogP contribution in [0.25, 0.3) is 0 Å². The monoisotopic (exact) mass is 383 g/mol. The van der Waals surface area contributed by atoms with E-state index in [-0.39, 0.29) is 24.3 Å². The standard InChI is InChI=1S/C19H30NO5P/c1-14(16-7-9-17(10-8-16)19(22)23)20-11-18(21)13-26(24,25)12-15-5-3-2-4-6-15/h7-10,14-15,18,20-21H,2-6,11-13H2,1H3,(H,22,23)(H,24,25)/t14-,18+/m1/s1. The number of aliphatic hydroxyl groups excluding tert-OH is 1. The van der Waals surface area contributed by atoms with Crippen molar-refractivity contribution < 1.29 is 24.5 Å². The third-order valence-corrected chi connectivity index (χ3v) is 7.16. The number of aliphatic hydroxyl groups is 1. The first kappa shape index (κ1) is 21.1. The number of hydrogen-bond donors (Lipinski definition) is 4. The topological polar surface area (TPSA) is 107 Å². The molecule has 1 saturated carbocycles. The van der Waals surface area contributed by atoms with Crippen molar-refractivity contribution in [3.8, 4) is 0 Å². The summed E-state index contributed by atoms with van der Waals surface area (Å²) < 4.78 is 12.4. The van der Waals surface area contributed by atoms with Gasteiger partial charge in [-0.15, -0.1) is 0 Å². The Bertz CT molecular complexity index is 627. The second-order valence-corrected chi connectivity index (χ2v) is 9.85. The first-order valence-electron chi connectivity index (χ1n) is 9.32. The highest BCUT2D eigenvalue weighted by Gasteiger charge is 2.28. The van der Waals surface area contributed by atoms with Gasteiger partial charge in [-0.25, -0.2) is 4.79 Å². The average Bonchev–Trinajstić information content (AvgIpc) is 2.59. The minimum atomic E-state index is -3.32. The fourth-order valence-corrected chi connectivity index (χ4v) is 5.70. The third-order valence-electron chi connectivity index (χ3n) is 5.08. The van der Waals surface area contributed by atoms with Crippen LogP contribution in [-0.4, -0.2) is 46.0 Å². The molecule has 0 amide bonds. The summed E-state index contributed by atoms with van der Waals surface area (Å²) in [5.74, 6) is -0.657. The molecule has 0 spiro atoms. The molecule has 2 rings (SSSR count). The Morgan fingerprint density at radius 2 is 1.85 bits per heavy atom. The number of carboxylic acid groups (broad SMARTS) is 1. The lowest BCUT2D eigenvalue weighted by molar-refractivity contribution is 0.0697. The molecule has 1 aliphatic carbocycles. The van der Waals surface area contributed by atoms with Crippen LogP contribution in [0.4, 0.5) is 0 Å². The highest BCUT2D eigenvalue weighted by molar-refractivity contribution is 7.58. The number of rotatable bonds is 9. The Hall–Kier alpha value is -1.20. The van der Waals surface area contributed by atoms with Crippen LogP contribution in [-0.2, 0) is 4.57 Å². The molecule has 0 radical (unpaired) electrons. The summed E-state index contributed by atoms with van der Waals surface area (Å²) in [5, 5.41) is 22.2. The number of hydrogen-bond acceptors (Lipinski definition) is 4. The van der Waals surface area contributed by atoms with Crippen LogP contribution in [0.5, 0.6) is 0 Å². The smallest absolute Gasteiger partial charge is 0.335 e. The summed E-state index contributed by atoms with van der Waals surface area (Å²) in [6.45, 7) is 2.13. The van der Waals surface area contributed by atoms with E-state index >= 15 is 0 Å². The first-order chi connectivity index (χ1) is 12.3. The highest BCUT2D eigenvalue weighted by atomic mass is 31.2. The molecule has 3 atom stereocenters. The number of aromatic carboxylic acids is 1. The van der Waals surface area contributed by atoms with Gasteiger partial charge in [0.15, 0.2) is 0 Å². The summed E-state index contributed by atoms with van der Waals surface area (Å²) >= 11 is 0. The van der Waals surface area contributed by atoms with Gasteiger partial charge in [-0.2, -0.15) is 0 Å². The predicted molar refractivity (Wildman–Crippen MR) is 102 cm³/mol. The second kappa shape index (κ2) is 9.65. The van der Waals surface area contributed by atoms with E-state index in [9.17, 15) is 19.4 Å². The number of benzene rings is 1. The zero-order valence-corrected chi connectivity index (χ0v) is 16.2. The van der Waals surface area contributed by atoms with Crippen LogP contribution >= 0.6 is 7.37 Å². The summed E-state index contributed by atoms with van der Waals surface area (Å²) in [6, 6.07) is 6.45. The van der Waals surface area contributed by atoms with E-state index in [0.29, 0.717) is 12.1 Å². The molecule has 0 heterocycles. The first-order valence-corrected chi connectivity index (χ1v) is 11.4. The largest absolute Gasteiger partial charge is 0.478 e. The lowest BCUT2D eigenvalue weighted by Crippen LogP contribution is -2.32. The summed E-state index contributed by atoms with van der Waals surface area (Å²) in [6.07, 6.45) is 4.86. The normalized spacial score (nSPS) is 20.3. The maximum atomic E-state index is 12.4. The maximum Gasteiger partial charge on any atom is 0.335 e. The maximum absolute atomic E-state index is 12.4. The molecule has 146 valence electrons. The van der Waals surface area contributed by atoms with Crippen LogP contribution < -0.4 is 5.32 Å². The van der Waals surface area contributed by atoms with Crippen LogP contribution in [0.15, 0.2) is 24.3 Å². The van der Waals surface area contributed by atoms with Crippen molar-refractivity contribution >= 4 is 13.3 Å². The summed E-state index contributed by atoms with van der Waals surface area (Å²) in [4.78, 5) is 21.1. The molecule has 1 aromatic rings. The Balaban J connectivity index is 1.78. The lowest BCUT2D eigenvalue weighted by Gasteiger charge is -2.25. The summed E-state index contributed by atoms with van der Waals surface area (Å²) in [7, 11) is -3.32. The van der Waals surface area contributed by atoms with E-state index in [2.05, 4.69) is 5.32 Å². The Kier molecular flexibility index (Phi) is 7.84. The van der Waals surface area contributed by atoms with E-state index in [1.807, 2.05) is 6.92 Å². The van der Waals surface area contributed by atoms with Gasteiger partial charge in [0.1, 0.15) is 0 Å². The molecule has 0 saturated heterocycles. The third kappa shape index (κ3) is 6.84. The number of nitrogens with one attached hydrogen (secondary N) is 1. The molecule has 26 heavy (non-hydrogen) atoms. The minimum absolute atomic E-state index is 0.0822. The molecule has 0 aliphatic heterocycles. The molecule has 6 nitrogen and oxygen atoms in total. The Morgan fingerprint density at radius 1 is 1.23 bits per heavy atom. The second-order valence-electron chi connectivity index (χ2n) is 7.43. The highest BCUT2D eigenvalue weighted by Crippen LogP contribution is 2.45. The molecular weight excluding hydrogens is 353 g/mol. The van der Waals surface area contributed by atoms with Crippen molar-refractivity contribution in [2.75, 3.05) is 18.9 Å². The fourth-order valence-electron chi connectivity index (χ4n) is 3.59. The van der Waals surface area contributed by atoms with Gasteiger partial charge in [-0.3, -0.25) is 4.57 Å². The van der Waals surface area contributed by atoms with Gasteiger partial charge >= 0.3 is 5.97 Å². The van der Waals surface area contributed by atoms with Gasteiger partial charge in [0.2, 0.25) is 7.37 Å². The van der Waals surface area contributed by atoms with E-state index in [1.165, 1.54) is 6.42 Å². The van der Waals surface area contributed by atoms with Gasteiger partial charge in [-0.1, -0.05) is 31.4 Å². The van der Waals surface area contributed by atoms with Gasteiger partial charge in [0, 0.05) is 18.7 Å². The predicted octanol–water partition coefficient (Wildman–Crippen LogP) is 3.25. The van der Waals surface area contributed by atoms with E-state index < -0.39 is 19.4 Å². The summed E-state index contributed by atoms with van der Waals surface area (Å²) in [5.41, 5.74) is 1.13. The van der Waals surface area contributed by atoms with Crippen molar-refractivity contribution in [2.45, 2.75) is 51.2 Å². The molecule has 1 aromatic carbocycles. The van der Waals surface area contributed by atoms with E-state index in [0.717, 1.165) is 31.2 Å². The van der Waals surface area contributed by atoms with Crippen molar-refractivity contribution in [1.82, 2.24) is 5.32 Å². The molecule has 0 bridgehead atoms. The minimum Gasteiger partial charge on any atom is -0.478 e. The van der Waals surface area contributed by atoms with Crippen molar-refractivity contribution in [3.05, 3.63) is 35.4 Å². The van der Waals surface area contributed by atoms with Crippen LogP contribution in [0, 0.1) is 5.92 Å². The Morgan fingerprint density at radius 3 is 2.42 bits per heavy atom. The quantitative estimate of drug-likeness (QED) is 0.488. The molecule has 7 heteroatoms. The molecule has 0 aromatic heterocycles. The van der Waals surface area contributed by atoms with Crippen molar-refractivity contribution in [3.63, 3.8) is 0 Å². The SMILES string of the molecule is C[C@@H](NC[C@H](O)CP(=O)(O)CC1CCCCC1)c1ccc(C(=O)O)cc1. The molecular formula is C19H30NO5P. The molecule has 1 aliphatic rings. The van der Waals surface area contributed by atoms with Crippen LogP contribution in [0.1, 0.15) is 61.0 Å². The van der Waals surface area contributed by atoms with Gasteiger partial charge in [0.25, 0.3) is 0 Å². The van der Waals surface area contributed by atoms with E-state index in [1.54, 1.807) is 24.3 Å². The van der Waals surface area contributed by atoms with Gasteiger partial charge in [0.05, 0.1) is 17.8 Å². The van der Waals surface area contributed by atoms with Crippen LogP contribution in [0.3, 0.4) is 0 Å². The zero-order chi connectivity index (χ0) is 19.2. The lowest BCUT2D eigenvalue weighted by atomic mass is 9.91. The fraction of sp³-hybridized carbons (Fsp3) is 0.632. The average molecular weight is 383 g/mol. The number of carboxylic acids is 1. The van der Waals surface area contributed by atoms with Crippen molar-refractivity contribution in [2.24, 2.45) is 5.92 Å². The zero-order valence-electron chi connectivity index (χ0n) is 15.3. The van der Waals surface area contributed by atoms with Crippen LogP contribution in [0.2, 0.25) is 0 Å².